The highest BCUT2D eigenvalue weighted by Gasteiger charge is 2.57. The van der Waals surface area contributed by atoms with Crippen LogP contribution in [0.5, 0.6) is 46.0 Å². The van der Waals surface area contributed by atoms with E-state index < -0.39 is 89.2 Å². The summed E-state index contributed by atoms with van der Waals surface area (Å²) in [6.07, 6.45) is -5.65. The van der Waals surface area contributed by atoms with Crippen LogP contribution in [0, 0.1) is 0 Å². The van der Waals surface area contributed by atoms with E-state index in [4.69, 9.17) is 55.0 Å². The molecule has 0 saturated carbocycles. The highest BCUT2D eigenvalue weighted by Crippen LogP contribution is 2.58. The van der Waals surface area contributed by atoms with Crippen LogP contribution >= 0.6 is 0 Å². The van der Waals surface area contributed by atoms with Crippen molar-refractivity contribution in [2.45, 2.75) is 116 Å². The van der Waals surface area contributed by atoms with Crippen molar-refractivity contribution in [3.05, 3.63) is 166 Å². The Hall–Kier alpha value is -9.32. The Morgan fingerprint density at radius 3 is 0.901 bits per heavy atom. The first-order chi connectivity index (χ1) is 48.1. The molecule has 2 aliphatic rings. The van der Waals surface area contributed by atoms with Crippen molar-refractivity contribution in [1.29, 1.82) is 0 Å². The van der Waals surface area contributed by atoms with E-state index in [0.717, 1.165) is 27.2 Å². The Morgan fingerprint density at radius 1 is 0.376 bits per heavy atom. The zero-order valence-electron chi connectivity index (χ0n) is 58.7. The number of amides is 4. The van der Waals surface area contributed by atoms with Crippen molar-refractivity contribution in [3.8, 4) is 46.0 Å². The highest BCUT2D eigenvalue weighted by molar-refractivity contribution is 6.61. The summed E-state index contributed by atoms with van der Waals surface area (Å²) in [4.78, 5) is 93.2. The van der Waals surface area contributed by atoms with E-state index in [-0.39, 0.29) is 147 Å². The molecular formula is C76H79F3N2O18Si2. The molecule has 0 spiro atoms. The number of carbonyl (C=O) groups excluding carboxylic acids is 6. The van der Waals surface area contributed by atoms with Crippen molar-refractivity contribution in [2.24, 2.45) is 0 Å². The second-order valence-electron chi connectivity index (χ2n) is 26.0. The number of halogens is 3. The van der Waals surface area contributed by atoms with Gasteiger partial charge in [-0.05, 0) is 126 Å². The van der Waals surface area contributed by atoms with Gasteiger partial charge in [0.1, 0.15) is 52.0 Å². The van der Waals surface area contributed by atoms with Gasteiger partial charge in [-0.25, -0.2) is 9.59 Å². The monoisotopic (exact) mass is 1420 g/mol. The van der Waals surface area contributed by atoms with Gasteiger partial charge in [-0.2, -0.15) is 13.2 Å². The second-order valence-corrected chi connectivity index (χ2v) is 32.2. The van der Waals surface area contributed by atoms with E-state index in [0.29, 0.717) is 0 Å². The van der Waals surface area contributed by atoms with E-state index in [1.165, 1.54) is 73.8 Å². The van der Waals surface area contributed by atoms with E-state index in [1.54, 1.807) is 60.7 Å². The summed E-state index contributed by atoms with van der Waals surface area (Å²) in [6.45, 7) is 16.2. The van der Waals surface area contributed by atoms with Gasteiger partial charge in [0.25, 0.3) is 23.6 Å². The van der Waals surface area contributed by atoms with Gasteiger partial charge in [-0.3, -0.25) is 29.0 Å². The summed E-state index contributed by atoms with van der Waals surface area (Å²) in [5, 5.41) is 0.252. The lowest BCUT2D eigenvalue weighted by Crippen LogP contribution is -2.57. The lowest BCUT2D eigenvalue weighted by atomic mass is 9.80. The van der Waals surface area contributed by atoms with Crippen LogP contribution < -0.4 is 18.9 Å². The molecule has 2 unspecified atom stereocenters. The minimum absolute atomic E-state index is 0.0106. The van der Waals surface area contributed by atoms with Crippen molar-refractivity contribution >= 4 is 96.3 Å². The van der Waals surface area contributed by atoms with Crippen molar-refractivity contribution in [2.75, 3.05) is 55.9 Å². The highest BCUT2D eigenvalue weighted by atomic mass is 28.4. The van der Waals surface area contributed by atoms with Crippen molar-refractivity contribution in [1.82, 2.24) is 9.80 Å². The van der Waals surface area contributed by atoms with Gasteiger partial charge in [-0.15, -0.1) is 0 Å². The number of fused-ring (bicyclic) bond motifs is 2. The first-order valence-corrected chi connectivity index (χ1v) is 36.9. The molecule has 20 nitrogen and oxygen atoms in total. The smallest absolute Gasteiger partial charge is 0.464 e. The number of nitrogens with zero attached hydrogens (tertiary/aromatic N) is 2. The largest absolute Gasteiger partial charge is 0.503 e. The molecule has 0 bridgehead atoms. The molecule has 0 aliphatic carbocycles. The molecule has 2 aliphatic heterocycles. The molecule has 0 saturated heterocycles. The molecule has 9 aromatic carbocycles. The van der Waals surface area contributed by atoms with Gasteiger partial charge in [0.2, 0.25) is 6.04 Å². The van der Waals surface area contributed by atoms with Gasteiger partial charge in [0.15, 0.2) is 0 Å². The Morgan fingerprint density at radius 2 is 0.644 bits per heavy atom. The minimum atomic E-state index is -5.65. The number of alkyl halides is 3. The summed E-state index contributed by atoms with van der Waals surface area (Å²) in [5.41, 5.74) is 1.99. The van der Waals surface area contributed by atoms with E-state index in [2.05, 4.69) is 0 Å². The maximum atomic E-state index is 16.2. The Labute approximate surface area is 584 Å². The SMILES string of the molecule is CO[Si](CCOC(=O)C(C)N1C(=O)c2cc(Oc3cccc(C(C)C)c3)c3c4c(Oc5cccc(C(C)C)c5)cc5c6c(cc(Oc7cccc(C(C)C)c7)c(c7c(Oc8cccc(C(C)C)c8)cc(c2c37)C1=O)c64)C(=O)N(C(C(=O)OCC[Si](OC)(OC)OC)C(F)(F)F)C5=O)(OC)OC. The average Bonchev–Trinajstić information content (AvgIpc) is 0.671. The van der Waals surface area contributed by atoms with E-state index in [1.807, 2.05) is 91.8 Å². The second kappa shape index (κ2) is 29.0. The first kappa shape index (κ1) is 72.9. The van der Waals surface area contributed by atoms with Gasteiger partial charge in [0, 0.05) is 85.7 Å². The van der Waals surface area contributed by atoms with Crippen LogP contribution in [0.2, 0.25) is 12.1 Å². The van der Waals surface area contributed by atoms with Gasteiger partial charge >= 0.3 is 35.7 Å². The molecule has 0 radical (unpaired) electrons. The summed E-state index contributed by atoms with van der Waals surface area (Å²) in [5.74, 6) is -7.83. The molecule has 2 atom stereocenters. The lowest BCUT2D eigenvalue weighted by Gasteiger charge is -2.35. The summed E-state index contributed by atoms with van der Waals surface area (Å²) in [7, 11) is 1.14. The maximum Gasteiger partial charge on any atom is 0.503 e. The van der Waals surface area contributed by atoms with Crippen molar-refractivity contribution in [3.63, 3.8) is 0 Å². The third-order valence-corrected chi connectivity index (χ3v) is 24.0. The fourth-order valence-corrected chi connectivity index (χ4v) is 16.0. The topological polar surface area (TPSA) is 220 Å². The van der Waals surface area contributed by atoms with Crippen molar-refractivity contribution < 1.29 is 96.9 Å². The average molecular weight is 1420 g/mol. The van der Waals surface area contributed by atoms with E-state index >= 15 is 32.3 Å². The minimum Gasteiger partial charge on any atom is -0.464 e. The standard InChI is InChI=1S/C76H79F3N2O18Si2/c1-40(2)45-20-16-24-49(32-45)96-57-36-53-61-54(71(83)80(70(53)82)44(9)74(86)94-28-30-100(88-10,89-11)90-12)37-58(97-50-25-17-21-46(33-50)41(3)4)64-66-60(99-52-27-19-23-48(35-52)43(7)8)39-56-62-55(38-59(65(68(62)66)63(57)67(61)64)98-51-26-18-22-47(34-51)42(5)6)72(84)81(73(56)85)69(76(77,78)79)75(87)95-29-31-101(91-13,92-14)93-15/h16-27,32-44,69H,28-31H2,1-15H3. The lowest BCUT2D eigenvalue weighted by molar-refractivity contribution is -0.194. The fourth-order valence-electron chi connectivity index (χ4n) is 13.1. The molecule has 2 heterocycles. The molecule has 9 aromatic rings. The number of carbonyl (C=O) groups is 6. The quantitative estimate of drug-likeness (QED) is 0.0146. The zero-order chi connectivity index (χ0) is 72.9. The van der Waals surface area contributed by atoms with Gasteiger partial charge in [0.05, 0.1) is 47.6 Å². The molecule has 25 heteroatoms. The van der Waals surface area contributed by atoms with Crippen LogP contribution in [0.1, 0.15) is 150 Å². The van der Waals surface area contributed by atoms with Crippen LogP contribution in [-0.2, 0) is 45.6 Å². The molecule has 0 fully saturated rings. The molecule has 101 heavy (non-hydrogen) atoms. The Kier molecular flexibility index (Phi) is 20.9. The van der Waals surface area contributed by atoms with Crippen LogP contribution in [0.25, 0.3) is 43.1 Å². The first-order valence-electron chi connectivity index (χ1n) is 33.0. The number of benzene rings is 9. The number of rotatable bonds is 28. The molecule has 530 valence electrons. The van der Waals surface area contributed by atoms with Gasteiger partial charge < -0.3 is 55.0 Å². The zero-order valence-corrected chi connectivity index (χ0v) is 60.7. The third kappa shape index (κ3) is 13.6. The molecule has 11 rings (SSSR count). The number of hydrogen-bond acceptors (Lipinski definition) is 18. The number of imide groups is 2. The molecule has 0 aromatic heterocycles. The van der Waals surface area contributed by atoms with Crippen LogP contribution in [0.4, 0.5) is 13.2 Å². The maximum absolute atomic E-state index is 16.2. The Balaban J connectivity index is 1.31. The molecule has 4 amide bonds. The summed E-state index contributed by atoms with van der Waals surface area (Å²) in [6, 6.07) is 28.3. The summed E-state index contributed by atoms with van der Waals surface area (Å²) < 4.78 is 121. The normalized spacial score (nSPS) is 14.2. The predicted octanol–water partition coefficient (Wildman–Crippen LogP) is 16.8. The predicted molar refractivity (Wildman–Crippen MR) is 375 cm³/mol. The summed E-state index contributed by atoms with van der Waals surface area (Å²) >= 11 is 0. The van der Waals surface area contributed by atoms with Gasteiger partial charge in [-0.1, -0.05) is 104 Å². The fraction of sp³-hybridized carbons (Fsp3) is 0.342. The third-order valence-electron chi connectivity index (χ3n) is 18.7. The Bertz CT molecular complexity index is 4490. The van der Waals surface area contributed by atoms with Crippen LogP contribution in [0.3, 0.4) is 0 Å². The number of hydrogen-bond donors (Lipinski definition) is 0. The van der Waals surface area contributed by atoms with Crippen LogP contribution in [-0.4, -0.2) is 137 Å². The van der Waals surface area contributed by atoms with E-state index in [9.17, 15) is 9.59 Å². The van der Waals surface area contributed by atoms with Crippen LogP contribution in [0.15, 0.2) is 121 Å². The molecule has 0 N–H and O–H groups in total. The molecular weight excluding hydrogens is 1340 g/mol. The number of esters is 2. The number of ether oxygens (including phenoxy) is 6.